The fourth-order valence-electron chi connectivity index (χ4n) is 3.10. The summed E-state index contributed by atoms with van der Waals surface area (Å²) in [7, 11) is 0. The van der Waals surface area contributed by atoms with Gasteiger partial charge < -0.3 is 14.9 Å². The third-order valence-electron chi connectivity index (χ3n) is 4.26. The van der Waals surface area contributed by atoms with Crippen LogP contribution in [0, 0.1) is 5.92 Å². The van der Waals surface area contributed by atoms with Gasteiger partial charge in [0.25, 0.3) is 0 Å². The van der Waals surface area contributed by atoms with Gasteiger partial charge in [-0.3, -0.25) is 4.57 Å². The van der Waals surface area contributed by atoms with Crippen LogP contribution in [0.25, 0.3) is 11.1 Å². The molecule has 5 heteroatoms. The van der Waals surface area contributed by atoms with Crippen LogP contribution in [0.3, 0.4) is 0 Å². The number of hydrogen-bond acceptors (Lipinski definition) is 4. The third kappa shape index (κ3) is 2.63. The Morgan fingerprint density at radius 2 is 2.29 bits per heavy atom. The fraction of sp³-hybridized carbons (Fsp3) is 0.562. The molecule has 0 bridgehead atoms. The van der Waals surface area contributed by atoms with Crippen LogP contribution in [-0.4, -0.2) is 17.3 Å². The van der Waals surface area contributed by atoms with Gasteiger partial charge in [-0.05, 0) is 37.5 Å². The van der Waals surface area contributed by atoms with Gasteiger partial charge in [-0.1, -0.05) is 13.0 Å². The van der Waals surface area contributed by atoms with Crippen LogP contribution in [-0.2, 0) is 11.3 Å². The van der Waals surface area contributed by atoms with Crippen LogP contribution < -0.4 is 11.5 Å². The lowest BCUT2D eigenvalue weighted by Gasteiger charge is -2.18. The van der Waals surface area contributed by atoms with Crippen molar-refractivity contribution >= 4 is 11.1 Å². The molecule has 0 radical (unpaired) electrons. The molecule has 0 saturated carbocycles. The number of aryl methyl sites for hydroxylation is 1. The number of hydrogen-bond donors (Lipinski definition) is 1. The molecule has 0 spiro atoms. The number of aromatic nitrogens is 1. The summed E-state index contributed by atoms with van der Waals surface area (Å²) in [5.41, 5.74) is 8.81. The lowest BCUT2D eigenvalue weighted by molar-refractivity contribution is 0.118. The van der Waals surface area contributed by atoms with Crippen molar-refractivity contribution in [3.8, 4) is 0 Å². The summed E-state index contributed by atoms with van der Waals surface area (Å²) < 4.78 is 12.6. The number of nitrogens with two attached hydrogens (primary N) is 1. The molecular formula is C16H22N2O3. The molecule has 0 aliphatic carbocycles. The average molecular weight is 290 g/mol. The van der Waals surface area contributed by atoms with Crippen LogP contribution in [0.5, 0.6) is 0 Å². The van der Waals surface area contributed by atoms with Crippen LogP contribution in [0.4, 0.5) is 0 Å². The topological polar surface area (TPSA) is 70.4 Å². The molecule has 3 unspecified atom stereocenters. The van der Waals surface area contributed by atoms with Crippen molar-refractivity contribution in [2.24, 2.45) is 11.7 Å². The smallest absolute Gasteiger partial charge is 0.408 e. The minimum Gasteiger partial charge on any atom is -0.408 e. The molecule has 5 nitrogen and oxygen atoms in total. The molecule has 1 aromatic carbocycles. The SMILES string of the molecule is CCCn1c(=O)oc2cc(C(N)C3COC(C)C3)ccc21. The van der Waals surface area contributed by atoms with Gasteiger partial charge in [-0.2, -0.15) is 0 Å². The highest BCUT2D eigenvalue weighted by atomic mass is 16.5. The molecule has 114 valence electrons. The number of rotatable bonds is 4. The van der Waals surface area contributed by atoms with Crippen LogP contribution in [0.1, 0.15) is 38.3 Å². The zero-order valence-corrected chi connectivity index (χ0v) is 12.5. The normalized spacial score (nSPS) is 23.8. The molecule has 2 heterocycles. The van der Waals surface area contributed by atoms with E-state index in [9.17, 15) is 4.79 Å². The second-order valence-corrected chi connectivity index (χ2v) is 5.91. The first-order chi connectivity index (χ1) is 10.1. The maximum absolute atomic E-state index is 11.9. The predicted molar refractivity (Wildman–Crippen MR) is 81.2 cm³/mol. The monoisotopic (exact) mass is 290 g/mol. The summed E-state index contributed by atoms with van der Waals surface area (Å²) in [5.74, 6) is 0.0253. The Morgan fingerprint density at radius 1 is 1.48 bits per heavy atom. The standard InChI is InChI=1S/C16H22N2O3/c1-3-6-18-13-5-4-11(8-14(13)21-16(18)19)15(17)12-7-10(2)20-9-12/h4-5,8,10,12,15H,3,6-7,9,17H2,1-2H3. The van der Waals surface area contributed by atoms with E-state index in [0.29, 0.717) is 24.7 Å². The Morgan fingerprint density at radius 3 is 2.95 bits per heavy atom. The molecule has 1 aliphatic heterocycles. The minimum absolute atomic E-state index is 0.0841. The van der Waals surface area contributed by atoms with Crippen LogP contribution >= 0.6 is 0 Å². The molecule has 3 atom stereocenters. The molecule has 21 heavy (non-hydrogen) atoms. The Kier molecular flexibility index (Phi) is 3.87. The maximum atomic E-state index is 11.9. The summed E-state index contributed by atoms with van der Waals surface area (Å²) in [6.45, 7) is 5.48. The number of nitrogens with zero attached hydrogens (tertiary/aromatic N) is 1. The van der Waals surface area contributed by atoms with Gasteiger partial charge in [0, 0.05) is 18.5 Å². The molecule has 1 saturated heterocycles. The van der Waals surface area contributed by atoms with E-state index < -0.39 is 0 Å². The largest absolute Gasteiger partial charge is 0.419 e. The van der Waals surface area contributed by atoms with Gasteiger partial charge in [0.05, 0.1) is 18.2 Å². The van der Waals surface area contributed by atoms with Crippen molar-refractivity contribution < 1.29 is 9.15 Å². The third-order valence-corrected chi connectivity index (χ3v) is 4.26. The van der Waals surface area contributed by atoms with E-state index in [1.807, 2.05) is 25.1 Å². The molecule has 1 aliphatic rings. The number of benzene rings is 1. The van der Waals surface area contributed by atoms with Crippen molar-refractivity contribution in [3.05, 3.63) is 34.3 Å². The van der Waals surface area contributed by atoms with E-state index in [0.717, 1.165) is 23.9 Å². The van der Waals surface area contributed by atoms with Gasteiger partial charge in [-0.25, -0.2) is 4.79 Å². The van der Waals surface area contributed by atoms with E-state index in [-0.39, 0.29) is 17.9 Å². The highest BCUT2D eigenvalue weighted by Gasteiger charge is 2.28. The summed E-state index contributed by atoms with van der Waals surface area (Å²) in [6, 6.07) is 5.75. The van der Waals surface area contributed by atoms with Crippen molar-refractivity contribution in [1.29, 1.82) is 0 Å². The van der Waals surface area contributed by atoms with E-state index in [1.165, 1.54) is 0 Å². The summed E-state index contributed by atoms with van der Waals surface area (Å²) in [6.07, 6.45) is 2.14. The Hall–Kier alpha value is -1.59. The highest BCUT2D eigenvalue weighted by Crippen LogP contribution is 2.31. The predicted octanol–water partition coefficient (Wildman–Crippen LogP) is 2.43. The Balaban J connectivity index is 1.92. The minimum atomic E-state index is -0.296. The Labute approximate surface area is 123 Å². The number of fused-ring (bicyclic) bond motifs is 1. The van der Waals surface area contributed by atoms with Crippen molar-refractivity contribution in [3.63, 3.8) is 0 Å². The van der Waals surface area contributed by atoms with Crippen molar-refractivity contribution in [2.45, 2.75) is 45.4 Å². The van der Waals surface area contributed by atoms with E-state index in [2.05, 4.69) is 6.92 Å². The molecule has 1 fully saturated rings. The van der Waals surface area contributed by atoms with Gasteiger partial charge in [0.2, 0.25) is 0 Å². The maximum Gasteiger partial charge on any atom is 0.419 e. The van der Waals surface area contributed by atoms with E-state index in [4.69, 9.17) is 14.9 Å². The van der Waals surface area contributed by atoms with Gasteiger partial charge >= 0.3 is 5.76 Å². The average Bonchev–Trinajstić information content (AvgIpc) is 3.02. The molecule has 2 aromatic rings. The van der Waals surface area contributed by atoms with Crippen LogP contribution in [0.15, 0.2) is 27.4 Å². The first-order valence-corrected chi connectivity index (χ1v) is 7.60. The van der Waals surface area contributed by atoms with Crippen molar-refractivity contribution in [2.75, 3.05) is 6.61 Å². The van der Waals surface area contributed by atoms with E-state index in [1.54, 1.807) is 4.57 Å². The quantitative estimate of drug-likeness (QED) is 0.938. The molecule has 1 aromatic heterocycles. The fourth-order valence-corrected chi connectivity index (χ4v) is 3.10. The summed E-state index contributed by atoms with van der Waals surface area (Å²) >= 11 is 0. The lowest BCUT2D eigenvalue weighted by Crippen LogP contribution is -2.21. The lowest BCUT2D eigenvalue weighted by atomic mass is 9.92. The first kappa shape index (κ1) is 14.4. The number of oxazole rings is 1. The second-order valence-electron chi connectivity index (χ2n) is 5.91. The second kappa shape index (κ2) is 5.66. The number of ether oxygens (including phenoxy) is 1. The zero-order valence-electron chi connectivity index (χ0n) is 12.5. The molecule has 3 rings (SSSR count). The van der Waals surface area contributed by atoms with Crippen molar-refractivity contribution in [1.82, 2.24) is 4.57 Å². The van der Waals surface area contributed by atoms with Gasteiger partial charge in [0.15, 0.2) is 5.58 Å². The molecular weight excluding hydrogens is 268 g/mol. The zero-order chi connectivity index (χ0) is 15.0. The van der Waals surface area contributed by atoms with E-state index >= 15 is 0 Å². The van der Waals surface area contributed by atoms with Gasteiger partial charge in [-0.15, -0.1) is 0 Å². The first-order valence-electron chi connectivity index (χ1n) is 7.60. The summed E-state index contributed by atoms with van der Waals surface area (Å²) in [5, 5.41) is 0. The molecule has 2 N–H and O–H groups in total. The van der Waals surface area contributed by atoms with Crippen LogP contribution in [0.2, 0.25) is 0 Å². The Bertz CT molecular complexity index is 688. The van der Waals surface area contributed by atoms with Gasteiger partial charge in [0.1, 0.15) is 0 Å². The highest BCUT2D eigenvalue weighted by molar-refractivity contribution is 5.74. The summed E-state index contributed by atoms with van der Waals surface area (Å²) in [4.78, 5) is 11.9. The molecule has 0 amide bonds.